The number of pyridine rings is 1. The van der Waals surface area contributed by atoms with Gasteiger partial charge in [-0.05, 0) is 24.3 Å². The van der Waals surface area contributed by atoms with E-state index in [1.165, 1.54) is 0 Å². The third-order valence-electron chi connectivity index (χ3n) is 3.08. The van der Waals surface area contributed by atoms with E-state index in [1.54, 1.807) is 0 Å². The summed E-state index contributed by atoms with van der Waals surface area (Å²) in [5, 5.41) is 0.894. The lowest BCUT2D eigenvalue weighted by Crippen LogP contribution is -1.95. The Balaban J connectivity index is 2.32. The first-order valence-electron chi connectivity index (χ1n) is 5.76. The van der Waals surface area contributed by atoms with Gasteiger partial charge in [0, 0.05) is 24.2 Å². The molecule has 0 atom stereocenters. The molecule has 0 bridgehead atoms. The molecule has 0 spiro atoms. The molecule has 0 amide bonds. The van der Waals surface area contributed by atoms with Crippen LogP contribution in [0.3, 0.4) is 0 Å². The van der Waals surface area contributed by atoms with Crippen molar-refractivity contribution in [3.8, 4) is 11.4 Å². The molecule has 0 saturated carbocycles. The molecule has 2 heterocycles. The van der Waals surface area contributed by atoms with Crippen molar-refractivity contribution in [3.05, 3.63) is 54.2 Å². The number of carbonyl (C=O) groups is 1. The topological polar surface area (TPSA) is 34.9 Å². The van der Waals surface area contributed by atoms with E-state index in [-0.39, 0.29) is 0 Å². The fourth-order valence-corrected chi connectivity index (χ4v) is 2.16. The van der Waals surface area contributed by atoms with E-state index in [0.717, 1.165) is 28.6 Å². The molecule has 0 aliphatic heterocycles. The number of benzene rings is 1. The molecule has 0 saturated heterocycles. The second-order valence-corrected chi connectivity index (χ2v) is 4.24. The molecular weight excluding hydrogens is 224 g/mol. The lowest BCUT2D eigenvalue weighted by atomic mass is 10.1. The van der Waals surface area contributed by atoms with E-state index >= 15 is 0 Å². The van der Waals surface area contributed by atoms with E-state index in [1.807, 2.05) is 60.3 Å². The molecule has 3 nitrogen and oxygen atoms in total. The average Bonchev–Trinajstić information content (AvgIpc) is 2.83. The second-order valence-electron chi connectivity index (χ2n) is 4.24. The van der Waals surface area contributed by atoms with Gasteiger partial charge >= 0.3 is 0 Å². The van der Waals surface area contributed by atoms with E-state index in [0.29, 0.717) is 5.56 Å². The van der Waals surface area contributed by atoms with Crippen LogP contribution in [-0.2, 0) is 7.05 Å². The molecule has 3 rings (SSSR count). The minimum Gasteiger partial charge on any atom is -0.349 e. The first-order chi connectivity index (χ1) is 8.79. The normalized spacial score (nSPS) is 10.7. The summed E-state index contributed by atoms with van der Waals surface area (Å²) in [6, 6.07) is 13.5. The van der Waals surface area contributed by atoms with Crippen molar-refractivity contribution in [2.75, 3.05) is 0 Å². The Kier molecular flexibility index (Phi) is 2.45. The van der Waals surface area contributed by atoms with Gasteiger partial charge in [0.2, 0.25) is 0 Å². The fraction of sp³-hybridized carbons (Fsp3) is 0.0667. The van der Waals surface area contributed by atoms with Gasteiger partial charge in [-0.3, -0.25) is 4.79 Å². The zero-order valence-corrected chi connectivity index (χ0v) is 10.00. The van der Waals surface area contributed by atoms with E-state index in [4.69, 9.17) is 0 Å². The van der Waals surface area contributed by atoms with Gasteiger partial charge in [-0.15, -0.1) is 0 Å². The van der Waals surface area contributed by atoms with Gasteiger partial charge < -0.3 is 4.57 Å². The van der Waals surface area contributed by atoms with Crippen LogP contribution >= 0.6 is 0 Å². The number of aldehydes is 1. The summed E-state index contributed by atoms with van der Waals surface area (Å²) in [6.45, 7) is 0. The Morgan fingerprint density at radius 2 is 2.00 bits per heavy atom. The highest BCUT2D eigenvalue weighted by atomic mass is 16.1. The molecule has 1 aromatic carbocycles. The maximum Gasteiger partial charge on any atom is 0.150 e. The second kappa shape index (κ2) is 4.11. The lowest BCUT2D eigenvalue weighted by Gasteiger charge is -2.06. The smallest absolute Gasteiger partial charge is 0.150 e. The molecule has 3 aromatic rings. The van der Waals surface area contributed by atoms with Crippen LogP contribution < -0.4 is 0 Å². The number of fused-ring (bicyclic) bond motifs is 1. The van der Waals surface area contributed by atoms with Gasteiger partial charge in [-0.1, -0.05) is 18.2 Å². The van der Waals surface area contributed by atoms with Crippen molar-refractivity contribution in [1.82, 2.24) is 9.55 Å². The van der Waals surface area contributed by atoms with Crippen molar-refractivity contribution in [1.29, 1.82) is 0 Å². The zero-order valence-electron chi connectivity index (χ0n) is 10.00. The van der Waals surface area contributed by atoms with E-state index in [9.17, 15) is 4.79 Å². The first-order valence-corrected chi connectivity index (χ1v) is 5.76. The number of para-hydroxylation sites is 1. The van der Waals surface area contributed by atoms with Gasteiger partial charge in [0.1, 0.15) is 0 Å². The third kappa shape index (κ3) is 1.61. The molecule has 18 heavy (non-hydrogen) atoms. The SMILES string of the molecule is Cn1cccc1-c1cc(C=O)c2ccccc2n1. The highest BCUT2D eigenvalue weighted by Crippen LogP contribution is 2.23. The van der Waals surface area contributed by atoms with Crippen LogP contribution in [0.15, 0.2) is 48.7 Å². The van der Waals surface area contributed by atoms with Gasteiger partial charge in [0.15, 0.2) is 6.29 Å². The van der Waals surface area contributed by atoms with Crippen LogP contribution in [0.2, 0.25) is 0 Å². The van der Waals surface area contributed by atoms with Gasteiger partial charge in [-0.2, -0.15) is 0 Å². The number of carbonyl (C=O) groups excluding carboxylic acids is 1. The summed E-state index contributed by atoms with van der Waals surface area (Å²) in [4.78, 5) is 15.8. The largest absolute Gasteiger partial charge is 0.349 e. The summed E-state index contributed by atoms with van der Waals surface area (Å²) < 4.78 is 1.99. The summed E-state index contributed by atoms with van der Waals surface area (Å²) in [6.07, 6.45) is 2.85. The van der Waals surface area contributed by atoms with E-state index in [2.05, 4.69) is 4.98 Å². The number of aryl methyl sites for hydroxylation is 1. The molecule has 0 unspecified atom stereocenters. The quantitative estimate of drug-likeness (QED) is 0.641. The van der Waals surface area contributed by atoms with Crippen molar-refractivity contribution in [3.63, 3.8) is 0 Å². The fourth-order valence-electron chi connectivity index (χ4n) is 2.16. The Labute approximate surface area is 105 Å². The summed E-state index contributed by atoms with van der Waals surface area (Å²) in [5.41, 5.74) is 3.35. The number of hydrogen-bond acceptors (Lipinski definition) is 2. The van der Waals surface area contributed by atoms with E-state index < -0.39 is 0 Å². The highest BCUT2D eigenvalue weighted by molar-refractivity contribution is 5.97. The predicted octanol–water partition coefficient (Wildman–Crippen LogP) is 3.05. The molecule has 0 radical (unpaired) electrons. The van der Waals surface area contributed by atoms with Crippen molar-refractivity contribution in [2.45, 2.75) is 0 Å². The molecule has 0 N–H and O–H groups in total. The monoisotopic (exact) mass is 236 g/mol. The Morgan fingerprint density at radius 1 is 1.17 bits per heavy atom. The standard InChI is InChI=1S/C15H12N2O/c1-17-8-4-7-15(17)14-9-11(10-18)12-5-2-3-6-13(12)16-14/h2-10H,1H3. The van der Waals surface area contributed by atoms with Crippen LogP contribution in [0, 0.1) is 0 Å². The number of nitrogens with zero attached hydrogens (tertiary/aromatic N) is 2. The predicted molar refractivity (Wildman–Crippen MR) is 71.5 cm³/mol. The Morgan fingerprint density at radius 3 is 2.72 bits per heavy atom. The van der Waals surface area contributed by atoms with Crippen LogP contribution in [0.1, 0.15) is 10.4 Å². The van der Waals surface area contributed by atoms with Crippen molar-refractivity contribution in [2.24, 2.45) is 7.05 Å². The van der Waals surface area contributed by atoms with Crippen LogP contribution in [0.4, 0.5) is 0 Å². The molecule has 2 aromatic heterocycles. The molecule has 0 aliphatic carbocycles. The minimum atomic E-state index is 0.678. The molecule has 88 valence electrons. The van der Waals surface area contributed by atoms with Gasteiger partial charge in [-0.25, -0.2) is 4.98 Å². The number of hydrogen-bond donors (Lipinski definition) is 0. The number of aromatic nitrogens is 2. The molecule has 0 aliphatic rings. The van der Waals surface area contributed by atoms with Crippen LogP contribution in [0.25, 0.3) is 22.3 Å². The van der Waals surface area contributed by atoms with Crippen LogP contribution in [-0.4, -0.2) is 15.8 Å². The lowest BCUT2D eigenvalue weighted by molar-refractivity contribution is 0.112. The van der Waals surface area contributed by atoms with Crippen LogP contribution in [0.5, 0.6) is 0 Å². The maximum absolute atomic E-state index is 11.2. The first kappa shape index (κ1) is 10.7. The summed E-state index contributed by atoms with van der Waals surface area (Å²) in [7, 11) is 1.97. The Hall–Kier alpha value is -2.42. The molecule has 3 heteroatoms. The van der Waals surface area contributed by atoms with Crippen molar-refractivity contribution >= 4 is 17.2 Å². The minimum absolute atomic E-state index is 0.678. The highest BCUT2D eigenvalue weighted by Gasteiger charge is 2.08. The number of rotatable bonds is 2. The molecule has 0 fully saturated rings. The van der Waals surface area contributed by atoms with Gasteiger partial charge in [0.05, 0.1) is 16.9 Å². The maximum atomic E-state index is 11.2. The zero-order chi connectivity index (χ0) is 12.5. The summed E-state index contributed by atoms with van der Waals surface area (Å²) in [5.74, 6) is 0. The average molecular weight is 236 g/mol. The third-order valence-corrected chi connectivity index (χ3v) is 3.08. The Bertz CT molecular complexity index is 728. The molecular formula is C15H12N2O. The van der Waals surface area contributed by atoms with Crippen molar-refractivity contribution < 1.29 is 4.79 Å². The summed E-state index contributed by atoms with van der Waals surface area (Å²) >= 11 is 0. The van der Waals surface area contributed by atoms with Gasteiger partial charge in [0.25, 0.3) is 0 Å².